The molecular formula is C22H22F3N3O3. The highest BCUT2D eigenvalue weighted by Gasteiger charge is 2.54. The van der Waals surface area contributed by atoms with E-state index in [0.29, 0.717) is 11.5 Å². The first-order valence-electron chi connectivity index (χ1n) is 10.0. The Morgan fingerprint density at radius 1 is 1.19 bits per heavy atom. The number of pyridine rings is 1. The summed E-state index contributed by atoms with van der Waals surface area (Å²) in [6, 6.07) is 8.20. The number of nitrogens with zero attached hydrogens (tertiary/aromatic N) is 2. The minimum atomic E-state index is -4.56. The van der Waals surface area contributed by atoms with Gasteiger partial charge in [0.1, 0.15) is 5.41 Å². The second-order valence-electron chi connectivity index (χ2n) is 8.34. The molecule has 1 aromatic carbocycles. The summed E-state index contributed by atoms with van der Waals surface area (Å²) < 4.78 is 39.2. The van der Waals surface area contributed by atoms with Crippen molar-refractivity contribution in [2.45, 2.75) is 37.3 Å². The summed E-state index contributed by atoms with van der Waals surface area (Å²) in [5, 5.41) is 10.1. The van der Waals surface area contributed by atoms with E-state index >= 15 is 0 Å². The number of hydrogen-bond donors (Lipinski definition) is 2. The van der Waals surface area contributed by atoms with Crippen LogP contribution >= 0.6 is 0 Å². The second kappa shape index (κ2) is 7.55. The number of primary amides is 1. The van der Waals surface area contributed by atoms with Gasteiger partial charge in [0.15, 0.2) is 0 Å². The molecule has 0 bridgehead atoms. The fraction of sp³-hybridized carbons (Fsp3) is 0.409. The average Bonchev–Trinajstić information content (AvgIpc) is 3.47. The molecule has 2 aliphatic rings. The van der Waals surface area contributed by atoms with Gasteiger partial charge in [-0.1, -0.05) is 24.3 Å². The third-order valence-corrected chi connectivity index (χ3v) is 6.30. The maximum atomic E-state index is 13.1. The summed E-state index contributed by atoms with van der Waals surface area (Å²) in [6.07, 6.45) is -0.300. The Morgan fingerprint density at radius 2 is 1.87 bits per heavy atom. The van der Waals surface area contributed by atoms with E-state index in [-0.39, 0.29) is 25.2 Å². The molecule has 2 heterocycles. The molecule has 0 radical (unpaired) electrons. The number of nitrogens with two attached hydrogens (primary N) is 1. The Kier molecular flexibility index (Phi) is 5.15. The molecule has 2 fully saturated rings. The van der Waals surface area contributed by atoms with Crippen LogP contribution in [0.25, 0.3) is 0 Å². The normalized spacial score (nSPS) is 22.4. The number of anilines is 1. The predicted molar refractivity (Wildman–Crippen MR) is 106 cm³/mol. The van der Waals surface area contributed by atoms with Gasteiger partial charge in [-0.25, -0.2) is 0 Å². The van der Waals surface area contributed by atoms with E-state index in [0.717, 1.165) is 30.7 Å². The lowest BCUT2D eigenvalue weighted by Gasteiger charge is -2.32. The molecule has 3 N–H and O–H groups in total. The number of rotatable bonds is 6. The van der Waals surface area contributed by atoms with E-state index in [9.17, 15) is 27.9 Å². The minimum Gasteiger partial charge on any atom is -0.481 e. The molecule has 1 aromatic heterocycles. The highest BCUT2D eigenvalue weighted by atomic mass is 19.4. The molecule has 9 heteroatoms. The number of carboxylic acids is 1. The van der Waals surface area contributed by atoms with Gasteiger partial charge in [0.25, 0.3) is 0 Å². The molecule has 164 valence electrons. The van der Waals surface area contributed by atoms with Crippen LogP contribution < -0.4 is 10.6 Å². The van der Waals surface area contributed by atoms with E-state index in [4.69, 9.17) is 5.73 Å². The second-order valence-corrected chi connectivity index (χ2v) is 8.34. The zero-order valence-electron chi connectivity index (χ0n) is 16.6. The van der Waals surface area contributed by atoms with Gasteiger partial charge in [-0.2, -0.15) is 13.2 Å². The Bertz CT molecular complexity index is 1010. The summed E-state index contributed by atoms with van der Waals surface area (Å²) in [4.78, 5) is 30.0. The Hall–Kier alpha value is -3.10. The van der Waals surface area contributed by atoms with E-state index in [1.54, 1.807) is 12.1 Å². The summed E-state index contributed by atoms with van der Waals surface area (Å²) in [6.45, 7) is 0.0164. The Morgan fingerprint density at radius 3 is 2.42 bits per heavy atom. The molecule has 1 saturated carbocycles. The van der Waals surface area contributed by atoms with Gasteiger partial charge >= 0.3 is 12.1 Å². The van der Waals surface area contributed by atoms with Crippen molar-refractivity contribution in [1.82, 2.24) is 4.98 Å². The third kappa shape index (κ3) is 3.96. The number of benzene rings is 1. The van der Waals surface area contributed by atoms with E-state index in [1.165, 1.54) is 11.1 Å². The molecule has 1 aliphatic heterocycles. The lowest BCUT2D eigenvalue weighted by atomic mass is 9.70. The third-order valence-electron chi connectivity index (χ3n) is 6.30. The van der Waals surface area contributed by atoms with Crippen molar-refractivity contribution in [1.29, 1.82) is 0 Å². The highest BCUT2D eigenvalue weighted by molar-refractivity contribution is 5.91. The van der Waals surface area contributed by atoms with Crippen LogP contribution in [0.15, 0.2) is 42.7 Å². The Labute approximate surface area is 176 Å². The molecule has 6 nitrogen and oxygen atoms in total. The van der Waals surface area contributed by atoms with Gasteiger partial charge in [0.05, 0.1) is 23.4 Å². The first-order valence-corrected chi connectivity index (χ1v) is 10.0. The van der Waals surface area contributed by atoms with Gasteiger partial charge in [-0.15, -0.1) is 0 Å². The molecule has 1 saturated heterocycles. The maximum Gasteiger partial charge on any atom is 0.417 e. The van der Waals surface area contributed by atoms with E-state index in [1.807, 2.05) is 12.1 Å². The van der Waals surface area contributed by atoms with Crippen molar-refractivity contribution in [3.63, 3.8) is 0 Å². The van der Waals surface area contributed by atoms with Crippen molar-refractivity contribution in [2.24, 2.45) is 11.1 Å². The molecule has 1 amide bonds. The lowest BCUT2D eigenvalue weighted by molar-refractivity contribution is -0.151. The topological polar surface area (TPSA) is 96.5 Å². The highest BCUT2D eigenvalue weighted by Crippen LogP contribution is 2.46. The number of carboxylic acid groups (broad SMARTS) is 1. The van der Waals surface area contributed by atoms with Gasteiger partial charge in [0.2, 0.25) is 5.91 Å². The number of alkyl halides is 3. The lowest BCUT2D eigenvalue weighted by Crippen LogP contribution is -2.45. The number of amides is 1. The monoisotopic (exact) mass is 433 g/mol. The van der Waals surface area contributed by atoms with Crippen LogP contribution in [0.4, 0.5) is 18.9 Å². The molecular weight excluding hydrogens is 411 g/mol. The number of aromatic nitrogens is 1. The van der Waals surface area contributed by atoms with Gasteiger partial charge in [-0.05, 0) is 42.4 Å². The summed E-state index contributed by atoms with van der Waals surface area (Å²) in [5.74, 6) is -2.58. The van der Waals surface area contributed by atoms with E-state index < -0.39 is 34.9 Å². The van der Waals surface area contributed by atoms with Crippen LogP contribution in [0.1, 0.15) is 47.8 Å². The zero-order chi connectivity index (χ0) is 22.4. The number of halogens is 3. The minimum absolute atomic E-state index is 0.0660. The first-order chi connectivity index (χ1) is 14.6. The molecule has 2 unspecified atom stereocenters. The van der Waals surface area contributed by atoms with Crippen molar-refractivity contribution in [2.75, 3.05) is 18.0 Å². The molecule has 4 rings (SSSR count). The van der Waals surface area contributed by atoms with Crippen LogP contribution in [0.3, 0.4) is 0 Å². The fourth-order valence-electron chi connectivity index (χ4n) is 4.48. The Balaban J connectivity index is 1.67. The quantitative estimate of drug-likeness (QED) is 0.727. The van der Waals surface area contributed by atoms with Crippen LogP contribution in [-0.4, -0.2) is 35.1 Å². The van der Waals surface area contributed by atoms with Gasteiger partial charge < -0.3 is 15.7 Å². The van der Waals surface area contributed by atoms with Gasteiger partial charge in [0, 0.05) is 19.3 Å². The molecule has 2 atom stereocenters. The van der Waals surface area contributed by atoms with Crippen LogP contribution in [0.2, 0.25) is 0 Å². The van der Waals surface area contributed by atoms with Crippen molar-refractivity contribution in [3.05, 3.63) is 59.4 Å². The molecule has 0 spiro atoms. The fourth-order valence-corrected chi connectivity index (χ4v) is 4.48. The first kappa shape index (κ1) is 21.1. The van der Waals surface area contributed by atoms with Crippen LogP contribution in [-0.2, 0) is 15.8 Å². The average molecular weight is 433 g/mol. The number of carbonyl (C=O) groups excluding carboxylic acids is 1. The molecule has 1 aliphatic carbocycles. The summed E-state index contributed by atoms with van der Waals surface area (Å²) in [5.41, 5.74) is 4.99. The van der Waals surface area contributed by atoms with E-state index in [2.05, 4.69) is 4.98 Å². The van der Waals surface area contributed by atoms with Crippen LogP contribution in [0.5, 0.6) is 0 Å². The van der Waals surface area contributed by atoms with Crippen molar-refractivity contribution in [3.8, 4) is 0 Å². The number of hydrogen-bond acceptors (Lipinski definition) is 4. The molecule has 2 aromatic rings. The smallest absolute Gasteiger partial charge is 0.417 e. The summed E-state index contributed by atoms with van der Waals surface area (Å²) >= 11 is 0. The predicted octanol–water partition coefficient (Wildman–Crippen LogP) is 3.53. The summed E-state index contributed by atoms with van der Waals surface area (Å²) in [7, 11) is 0. The maximum absolute atomic E-state index is 13.1. The largest absolute Gasteiger partial charge is 0.481 e. The SMILES string of the molecule is NC(=O)C(c1ccc(C2CC2)cc1)C1(C(=O)O)CCN(c2cncc(C(F)(F)F)c2)C1. The van der Waals surface area contributed by atoms with Gasteiger partial charge in [-0.3, -0.25) is 14.6 Å². The van der Waals surface area contributed by atoms with Crippen molar-refractivity contribution < 1.29 is 27.9 Å². The zero-order valence-corrected chi connectivity index (χ0v) is 16.6. The number of aliphatic carboxylic acids is 1. The molecule has 31 heavy (non-hydrogen) atoms. The van der Waals surface area contributed by atoms with Crippen molar-refractivity contribution >= 4 is 17.6 Å². The number of carbonyl (C=O) groups is 2. The van der Waals surface area contributed by atoms with Crippen LogP contribution in [0, 0.1) is 5.41 Å². The standard InChI is InChI=1S/C22H22F3N3O3/c23-22(24,25)16-9-17(11-27-10-16)28-8-7-21(12-28,20(30)31)18(19(26)29)15-5-3-14(4-6-15)13-1-2-13/h3-6,9-11,13,18H,1-2,7-8,12H2,(H2,26,29)(H,30,31).